The highest BCUT2D eigenvalue weighted by Crippen LogP contribution is 2.19. The molecule has 1 N–H and O–H groups in total. The van der Waals surface area contributed by atoms with E-state index in [4.69, 9.17) is 11.6 Å². The Balaban J connectivity index is 1.82. The van der Waals surface area contributed by atoms with Crippen molar-refractivity contribution in [1.29, 1.82) is 0 Å². The molecule has 0 bridgehead atoms. The van der Waals surface area contributed by atoms with Crippen LogP contribution in [0, 0.1) is 0 Å². The van der Waals surface area contributed by atoms with Crippen molar-refractivity contribution in [1.82, 2.24) is 20.0 Å². The molecule has 1 aliphatic rings. The number of amides is 1. The van der Waals surface area contributed by atoms with Crippen molar-refractivity contribution in [3.63, 3.8) is 0 Å². The van der Waals surface area contributed by atoms with Crippen molar-refractivity contribution in [2.24, 2.45) is 0 Å². The third kappa shape index (κ3) is 2.94. The minimum absolute atomic E-state index is 0.0332. The molecule has 1 saturated heterocycles. The quantitative estimate of drug-likeness (QED) is 0.923. The fourth-order valence-electron chi connectivity index (χ4n) is 2.49. The Kier molecular flexibility index (Phi) is 3.94. The maximum atomic E-state index is 12.5. The molecule has 3 rings (SSSR count). The first-order chi connectivity index (χ1) is 10.1. The Hall–Kier alpha value is -1.85. The van der Waals surface area contributed by atoms with Gasteiger partial charge in [-0.1, -0.05) is 23.7 Å². The number of carbonyl (C=O) groups excluding carboxylic acids is 1. The lowest BCUT2D eigenvalue weighted by Crippen LogP contribution is -2.51. The van der Waals surface area contributed by atoms with E-state index in [1.165, 1.54) is 0 Å². The van der Waals surface area contributed by atoms with E-state index >= 15 is 0 Å². The first-order valence-corrected chi connectivity index (χ1v) is 7.36. The lowest BCUT2D eigenvalue weighted by molar-refractivity contribution is 0.0702. The van der Waals surface area contributed by atoms with Gasteiger partial charge in [0, 0.05) is 31.9 Å². The normalized spacial score (nSPS) is 18.8. The SMILES string of the molecule is CC1CN(C(=O)c2ccn(-c3ccccc3Cl)n2)CCN1. The molecule has 2 aromatic rings. The molecule has 0 spiro atoms. The third-order valence-electron chi connectivity index (χ3n) is 3.56. The van der Waals surface area contributed by atoms with Gasteiger partial charge in [-0.05, 0) is 25.1 Å². The molecule has 1 aliphatic heterocycles. The molecule has 5 nitrogen and oxygen atoms in total. The molecule has 21 heavy (non-hydrogen) atoms. The molecule has 1 aromatic carbocycles. The van der Waals surface area contributed by atoms with Gasteiger partial charge in [-0.2, -0.15) is 5.10 Å². The second-order valence-corrected chi connectivity index (χ2v) is 5.61. The van der Waals surface area contributed by atoms with E-state index in [0.29, 0.717) is 29.8 Å². The number of hydrogen-bond acceptors (Lipinski definition) is 3. The molecule has 1 aromatic heterocycles. The third-order valence-corrected chi connectivity index (χ3v) is 3.88. The van der Waals surface area contributed by atoms with Gasteiger partial charge in [0.2, 0.25) is 0 Å². The lowest BCUT2D eigenvalue weighted by Gasteiger charge is -2.31. The maximum Gasteiger partial charge on any atom is 0.274 e. The van der Waals surface area contributed by atoms with Gasteiger partial charge in [0.05, 0.1) is 10.7 Å². The highest BCUT2D eigenvalue weighted by atomic mass is 35.5. The number of benzene rings is 1. The molecule has 0 aliphatic carbocycles. The van der Waals surface area contributed by atoms with Crippen LogP contribution in [0.4, 0.5) is 0 Å². The van der Waals surface area contributed by atoms with E-state index in [0.717, 1.165) is 12.2 Å². The minimum Gasteiger partial charge on any atom is -0.334 e. The summed E-state index contributed by atoms with van der Waals surface area (Å²) < 4.78 is 1.64. The summed E-state index contributed by atoms with van der Waals surface area (Å²) in [5.74, 6) is -0.0332. The zero-order valence-corrected chi connectivity index (χ0v) is 12.5. The van der Waals surface area contributed by atoms with Gasteiger partial charge in [0.25, 0.3) is 5.91 Å². The fourth-order valence-corrected chi connectivity index (χ4v) is 2.71. The lowest BCUT2D eigenvalue weighted by atomic mass is 10.2. The topological polar surface area (TPSA) is 50.2 Å². The Morgan fingerprint density at radius 2 is 2.19 bits per heavy atom. The molecule has 1 amide bonds. The summed E-state index contributed by atoms with van der Waals surface area (Å²) in [4.78, 5) is 14.3. The number of aromatic nitrogens is 2. The number of nitrogens with one attached hydrogen (secondary N) is 1. The summed E-state index contributed by atoms with van der Waals surface area (Å²) in [5.41, 5.74) is 1.22. The van der Waals surface area contributed by atoms with Gasteiger partial charge in [0.1, 0.15) is 0 Å². The van der Waals surface area contributed by atoms with Crippen LogP contribution >= 0.6 is 11.6 Å². The number of carbonyl (C=O) groups is 1. The van der Waals surface area contributed by atoms with Crippen LogP contribution in [0.5, 0.6) is 0 Å². The van der Waals surface area contributed by atoms with Gasteiger partial charge in [-0.15, -0.1) is 0 Å². The zero-order valence-electron chi connectivity index (χ0n) is 11.8. The van der Waals surface area contributed by atoms with Gasteiger partial charge >= 0.3 is 0 Å². The highest BCUT2D eigenvalue weighted by molar-refractivity contribution is 6.32. The van der Waals surface area contributed by atoms with E-state index in [1.54, 1.807) is 23.0 Å². The number of para-hydroxylation sites is 1. The molecule has 0 radical (unpaired) electrons. The second-order valence-electron chi connectivity index (χ2n) is 5.20. The van der Waals surface area contributed by atoms with Crippen LogP contribution in [0.1, 0.15) is 17.4 Å². The van der Waals surface area contributed by atoms with E-state index < -0.39 is 0 Å². The maximum absolute atomic E-state index is 12.5. The highest BCUT2D eigenvalue weighted by Gasteiger charge is 2.23. The van der Waals surface area contributed by atoms with Crippen molar-refractivity contribution < 1.29 is 4.79 Å². The van der Waals surface area contributed by atoms with Gasteiger partial charge in [-0.3, -0.25) is 4.79 Å². The monoisotopic (exact) mass is 304 g/mol. The van der Waals surface area contributed by atoms with E-state index in [-0.39, 0.29) is 5.91 Å². The van der Waals surface area contributed by atoms with Crippen molar-refractivity contribution in [2.45, 2.75) is 13.0 Å². The molecular formula is C15H17ClN4O. The molecule has 6 heteroatoms. The van der Waals surface area contributed by atoms with Crippen molar-refractivity contribution >= 4 is 17.5 Å². The first-order valence-electron chi connectivity index (χ1n) is 6.98. The van der Waals surface area contributed by atoms with E-state index in [9.17, 15) is 4.79 Å². The van der Waals surface area contributed by atoms with Crippen molar-refractivity contribution in [2.75, 3.05) is 19.6 Å². The fraction of sp³-hybridized carbons (Fsp3) is 0.333. The average molecular weight is 305 g/mol. The Bertz CT molecular complexity index is 655. The van der Waals surface area contributed by atoms with Crippen LogP contribution in [-0.2, 0) is 0 Å². The predicted molar refractivity (Wildman–Crippen MR) is 81.9 cm³/mol. The smallest absolute Gasteiger partial charge is 0.274 e. The molecule has 1 atom stereocenters. The Labute approximate surface area is 128 Å². The standard InChI is InChI=1S/C15H17ClN4O/c1-11-10-19(9-7-17-11)15(21)13-6-8-20(18-13)14-5-3-2-4-12(14)16/h2-6,8,11,17H,7,9-10H2,1H3. The summed E-state index contributed by atoms with van der Waals surface area (Å²) in [6.07, 6.45) is 1.76. The Morgan fingerprint density at radius 3 is 2.95 bits per heavy atom. The summed E-state index contributed by atoms with van der Waals surface area (Å²) in [6.45, 7) is 4.31. The summed E-state index contributed by atoms with van der Waals surface area (Å²) >= 11 is 6.15. The zero-order chi connectivity index (χ0) is 14.8. The largest absolute Gasteiger partial charge is 0.334 e. The Morgan fingerprint density at radius 1 is 1.38 bits per heavy atom. The van der Waals surface area contributed by atoms with Crippen molar-refractivity contribution in [3.05, 3.63) is 47.2 Å². The molecular weight excluding hydrogens is 288 g/mol. The average Bonchev–Trinajstić information content (AvgIpc) is 2.96. The van der Waals surface area contributed by atoms with Crippen LogP contribution in [0.25, 0.3) is 5.69 Å². The van der Waals surface area contributed by atoms with Gasteiger partial charge in [-0.25, -0.2) is 4.68 Å². The van der Waals surface area contributed by atoms with Crippen LogP contribution in [0.3, 0.4) is 0 Å². The summed E-state index contributed by atoms with van der Waals surface area (Å²) in [6, 6.07) is 9.48. The molecule has 2 heterocycles. The minimum atomic E-state index is -0.0332. The van der Waals surface area contributed by atoms with Crippen LogP contribution < -0.4 is 5.32 Å². The number of halogens is 1. The molecule has 110 valence electrons. The van der Waals surface area contributed by atoms with Crippen LogP contribution in [-0.4, -0.2) is 46.3 Å². The number of piperazine rings is 1. The predicted octanol–water partition coefficient (Wildman–Crippen LogP) is 1.96. The van der Waals surface area contributed by atoms with Crippen molar-refractivity contribution in [3.8, 4) is 5.69 Å². The van der Waals surface area contributed by atoms with Crippen LogP contribution in [0.15, 0.2) is 36.5 Å². The van der Waals surface area contributed by atoms with Gasteiger partial charge in [0.15, 0.2) is 5.69 Å². The van der Waals surface area contributed by atoms with E-state index in [1.807, 2.05) is 23.1 Å². The molecule has 0 saturated carbocycles. The summed E-state index contributed by atoms with van der Waals surface area (Å²) in [5, 5.41) is 8.29. The second kappa shape index (κ2) is 5.87. The van der Waals surface area contributed by atoms with Gasteiger partial charge < -0.3 is 10.2 Å². The van der Waals surface area contributed by atoms with E-state index in [2.05, 4.69) is 17.3 Å². The van der Waals surface area contributed by atoms with Crippen LogP contribution in [0.2, 0.25) is 5.02 Å². The number of hydrogen-bond donors (Lipinski definition) is 1. The summed E-state index contributed by atoms with van der Waals surface area (Å²) in [7, 11) is 0. The number of nitrogens with zero attached hydrogens (tertiary/aromatic N) is 3. The first kappa shape index (κ1) is 14.1. The molecule has 1 fully saturated rings. The number of rotatable bonds is 2. The molecule has 1 unspecified atom stereocenters.